The summed E-state index contributed by atoms with van der Waals surface area (Å²) in [4.78, 5) is 4.35. The van der Waals surface area contributed by atoms with Crippen molar-refractivity contribution in [2.45, 2.75) is 20.3 Å². The average Bonchev–Trinajstić information content (AvgIpc) is 2.73. The molecule has 23 heavy (non-hydrogen) atoms. The summed E-state index contributed by atoms with van der Waals surface area (Å²) in [5, 5.41) is 7.94. The minimum Gasteiger partial charge on any atom is -0.495 e. The molecule has 7 heteroatoms. The first kappa shape index (κ1) is 17.1. The maximum absolute atomic E-state index is 6.08. The van der Waals surface area contributed by atoms with Crippen molar-refractivity contribution in [1.82, 2.24) is 9.78 Å². The summed E-state index contributed by atoms with van der Waals surface area (Å²) in [6.07, 6.45) is 0.803. The van der Waals surface area contributed by atoms with Crippen LogP contribution in [0.5, 0.6) is 5.75 Å². The Morgan fingerprint density at radius 3 is 2.74 bits per heavy atom. The fourth-order valence-electron chi connectivity index (χ4n) is 2.40. The van der Waals surface area contributed by atoms with E-state index in [2.05, 4.69) is 22.3 Å². The van der Waals surface area contributed by atoms with Gasteiger partial charge in [0.05, 0.1) is 17.8 Å². The summed E-state index contributed by atoms with van der Waals surface area (Å²) in [7, 11) is 3.52. The second kappa shape index (κ2) is 7.37. The Morgan fingerprint density at radius 2 is 2.17 bits per heavy atom. The quantitative estimate of drug-likeness (QED) is 0.650. The molecule has 0 atom stereocenters. The van der Waals surface area contributed by atoms with E-state index in [9.17, 15) is 0 Å². The van der Waals surface area contributed by atoms with Gasteiger partial charge in [-0.15, -0.1) is 0 Å². The average molecular weight is 336 g/mol. The number of halogens is 1. The minimum atomic E-state index is 0.352. The Bertz CT molecular complexity index is 724. The molecule has 0 aliphatic carbocycles. The van der Waals surface area contributed by atoms with E-state index in [1.807, 2.05) is 24.7 Å². The van der Waals surface area contributed by atoms with E-state index < -0.39 is 0 Å². The van der Waals surface area contributed by atoms with Gasteiger partial charge in [0.25, 0.3) is 0 Å². The number of nitrogens with two attached hydrogens (primary N) is 1. The van der Waals surface area contributed by atoms with Crippen molar-refractivity contribution in [2.24, 2.45) is 17.8 Å². The molecule has 0 spiro atoms. The highest BCUT2D eigenvalue weighted by Gasteiger charge is 2.08. The fourth-order valence-corrected chi connectivity index (χ4v) is 2.66. The Labute approximate surface area is 141 Å². The summed E-state index contributed by atoms with van der Waals surface area (Å²) in [6.45, 7) is 4.66. The molecule has 0 saturated carbocycles. The first-order valence-corrected chi connectivity index (χ1v) is 7.69. The normalized spacial score (nSPS) is 11.6. The second-order valence-corrected chi connectivity index (χ2v) is 5.67. The van der Waals surface area contributed by atoms with Gasteiger partial charge in [0, 0.05) is 25.0 Å². The zero-order valence-electron chi connectivity index (χ0n) is 13.9. The van der Waals surface area contributed by atoms with Gasteiger partial charge in [-0.2, -0.15) is 5.10 Å². The molecule has 3 N–H and O–H groups in total. The number of aliphatic imine (C=N–C) groups is 1. The highest BCUT2D eigenvalue weighted by atomic mass is 35.5. The van der Waals surface area contributed by atoms with Crippen molar-refractivity contribution in [3.8, 4) is 5.75 Å². The molecule has 0 bridgehead atoms. The maximum Gasteiger partial charge on any atom is 0.193 e. The highest BCUT2D eigenvalue weighted by Crippen LogP contribution is 2.27. The summed E-state index contributed by atoms with van der Waals surface area (Å²) >= 11 is 6.08. The molecule has 124 valence electrons. The van der Waals surface area contributed by atoms with Crippen LogP contribution in [0.25, 0.3) is 0 Å². The molecule has 1 aromatic carbocycles. The molecule has 0 aliphatic heterocycles. The van der Waals surface area contributed by atoms with Crippen molar-refractivity contribution in [2.75, 3.05) is 19.0 Å². The lowest BCUT2D eigenvalue weighted by Crippen LogP contribution is -2.23. The molecule has 2 rings (SSSR count). The number of guanidine groups is 1. The largest absolute Gasteiger partial charge is 0.495 e. The third kappa shape index (κ3) is 4.16. The van der Waals surface area contributed by atoms with Gasteiger partial charge in [-0.25, -0.2) is 0 Å². The van der Waals surface area contributed by atoms with E-state index in [0.717, 1.165) is 23.5 Å². The number of anilines is 1. The van der Waals surface area contributed by atoms with Crippen LogP contribution in [0.3, 0.4) is 0 Å². The SMILES string of the molecule is COc1ccc(NC(N)=NCCc2c(C)nn(C)c2C)cc1Cl. The van der Waals surface area contributed by atoms with Crippen molar-refractivity contribution < 1.29 is 4.74 Å². The van der Waals surface area contributed by atoms with Crippen LogP contribution < -0.4 is 15.8 Å². The number of methoxy groups -OCH3 is 1. The lowest BCUT2D eigenvalue weighted by Gasteiger charge is -2.08. The summed E-state index contributed by atoms with van der Waals surface area (Å²) in [5.41, 5.74) is 10.1. The lowest BCUT2D eigenvalue weighted by molar-refractivity contribution is 0.415. The number of aryl methyl sites for hydroxylation is 2. The van der Waals surface area contributed by atoms with E-state index >= 15 is 0 Å². The Morgan fingerprint density at radius 1 is 1.43 bits per heavy atom. The monoisotopic (exact) mass is 335 g/mol. The van der Waals surface area contributed by atoms with Crippen LogP contribution in [0.1, 0.15) is 17.0 Å². The smallest absolute Gasteiger partial charge is 0.193 e. The number of benzene rings is 1. The molecule has 0 amide bonds. The first-order chi connectivity index (χ1) is 10.9. The minimum absolute atomic E-state index is 0.352. The van der Waals surface area contributed by atoms with Crippen LogP contribution in [0.2, 0.25) is 5.02 Å². The molecule has 6 nitrogen and oxygen atoms in total. The van der Waals surface area contributed by atoms with Gasteiger partial charge in [0.1, 0.15) is 5.75 Å². The van der Waals surface area contributed by atoms with Gasteiger partial charge in [0.2, 0.25) is 0 Å². The molecule has 0 aliphatic rings. The molecular weight excluding hydrogens is 314 g/mol. The van der Waals surface area contributed by atoms with Gasteiger partial charge in [0.15, 0.2) is 5.96 Å². The maximum atomic E-state index is 6.08. The van der Waals surface area contributed by atoms with E-state index in [1.165, 1.54) is 5.56 Å². The number of nitrogens with one attached hydrogen (secondary N) is 1. The lowest BCUT2D eigenvalue weighted by atomic mass is 10.1. The zero-order chi connectivity index (χ0) is 17.0. The van der Waals surface area contributed by atoms with Crippen LogP contribution >= 0.6 is 11.6 Å². The van der Waals surface area contributed by atoms with Gasteiger partial charge in [-0.3, -0.25) is 9.67 Å². The number of nitrogens with zero attached hydrogens (tertiary/aromatic N) is 3. The Kier molecular flexibility index (Phi) is 5.50. The van der Waals surface area contributed by atoms with Crippen molar-refractivity contribution in [1.29, 1.82) is 0 Å². The molecule has 0 saturated heterocycles. The van der Waals surface area contributed by atoms with Gasteiger partial charge in [-0.1, -0.05) is 11.6 Å². The Hall–Kier alpha value is -2.21. The predicted molar refractivity (Wildman–Crippen MR) is 94.5 cm³/mol. The molecule has 1 aromatic heterocycles. The fraction of sp³-hybridized carbons (Fsp3) is 0.375. The molecule has 2 aromatic rings. The van der Waals surface area contributed by atoms with Gasteiger partial charge in [-0.05, 0) is 44.0 Å². The Balaban J connectivity index is 1.96. The van der Waals surface area contributed by atoms with Crippen LogP contribution in [-0.4, -0.2) is 29.4 Å². The van der Waals surface area contributed by atoms with Crippen LogP contribution in [-0.2, 0) is 13.5 Å². The van der Waals surface area contributed by atoms with Gasteiger partial charge < -0.3 is 15.8 Å². The highest BCUT2D eigenvalue weighted by molar-refractivity contribution is 6.32. The van der Waals surface area contributed by atoms with Gasteiger partial charge >= 0.3 is 0 Å². The number of ether oxygens (including phenoxy) is 1. The van der Waals surface area contributed by atoms with Crippen LogP contribution in [0, 0.1) is 13.8 Å². The van der Waals surface area contributed by atoms with Crippen LogP contribution in [0.15, 0.2) is 23.2 Å². The third-order valence-electron chi connectivity index (χ3n) is 3.73. The summed E-state index contributed by atoms with van der Waals surface area (Å²) in [5.74, 6) is 0.973. The number of hydrogen-bond acceptors (Lipinski definition) is 3. The number of rotatable bonds is 5. The third-order valence-corrected chi connectivity index (χ3v) is 4.02. The summed E-state index contributed by atoms with van der Waals surface area (Å²) in [6, 6.07) is 5.36. The zero-order valence-corrected chi connectivity index (χ0v) is 14.6. The second-order valence-electron chi connectivity index (χ2n) is 5.26. The summed E-state index contributed by atoms with van der Waals surface area (Å²) < 4.78 is 7.00. The molecule has 0 radical (unpaired) electrons. The molecule has 0 fully saturated rings. The number of aromatic nitrogens is 2. The van der Waals surface area contributed by atoms with Crippen molar-refractivity contribution in [3.63, 3.8) is 0 Å². The molecule has 0 unspecified atom stereocenters. The topological polar surface area (TPSA) is 77.5 Å². The van der Waals surface area contributed by atoms with E-state index in [-0.39, 0.29) is 0 Å². The van der Waals surface area contributed by atoms with E-state index in [0.29, 0.717) is 23.3 Å². The van der Waals surface area contributed by atoms with Crippen LogP contribution in [0.4, 0.5) is 5.69 Å². The van der Waals surface area contributed by atoms with E-state index in [1.54, 1.807) is 19.2 Å². The van der Waals surface area contributed by atoms with E-state index in [4.69, 9.17) is 22.1 Å². The first-order valence-electron chi connectivity index (χ1n) is 7.32. The van der Waals surface area contributed by atoms with Crippen molar-refractivity contribution in [3.05, 3.63) is 40.2 Å². The van der Waals surface area contributed by atoms with Crippen molar-refractivity contribution >= 4 is 23.2 Å². The standard InChI is InChI=1S/C16H22ClN5O/c1-10-13(11(2)22(3)21-10)7-8-19-16(18)20-12-5-6-15(23-4)14(17)9-12/h5-6,9H,7-8H2,1-4H3,(H3,18,19,20). The molecule has 1 heterocycles. The molecular formula is C16H22ClN5O. The number of hydrogen-bond donors (Lipinski definition) is 2. The predicted octanol–water partition coefficient (Wildman–Crippen LogP) is 2.67.